The topological polar surface area (TPSA) is 78.4 Å². The maximum absolute atomic E-state index is 13.2. The summed E-state index contributed by atoms with van der Waals surface area (Å²) >= 11 is 0. The lowest BCUT2D eigenvalue weighted by atomic mass is 9.96. The first-order chi connectivity index (χ1) is 12.1. The molecule has 25 heavy (non-hydrogen) atoms. The molecule has 2 aromatic carbocycles. The number of Topliss-reactive ketones (excluding diaryl/α,β-unsaturated/α-hetero) is 1. The Morgan fingerprint density at radius 2 is 1.76 bits per heavy atom. The molecule has 0 radical (unpaired) electrons. The largest absolute Gasteiger partial charge is 0.496 e. The van der Waals surface area contributed by atoms with Gasteiger partial charge in [0, 0.05) is 6.07 Å². The number of methoxy groups -OCH3 is 1. The summed E-state index contributed by atoms with van der Waals surface area (Å²) in [5.74, 6) is 0.520. The lowest BCUT2D eigenvalue weighted by molar-refractivity contribution is 0.105. The summed E-state index contributed by atoms with van der Waals surface area (Å²) in [7, 11) is 1.52. The van der Waals surface area contributed by atoms with Crippen LogP contribution in [0.4, 0.5) is 0 Å². The molecule has 0 atom stereocenters. The summed E-state index contributed by atoms with van der Waals surface area (Å²) in [6.45, 7) is 1.79. The summed E-state index contributed by atoms with van der Waals surface area (Å²) in [4.78, 5) is 13.2. The number of carbonyl (C=O) groups is 1. The van der Waals surface area contributed by atoms with Crippen molar-refractivity contribution in [3.8, 4) is 5.75 Å². The van der Waals surface area contributed by atoms with Crippen molar-refractivity contribution in [3.05, 3.63) is 83.2 Å². The molecule has 0 aliphatic rings. The number of para-hydroxylation sites is 1. The molecule has 0 saturated carbocycles. The number of hydrogen-bond acceptors (Lipinski definition) is 5. The van der Waals surface area contributed by atoms with E-state index in [9.17, 15) is 4.79 Å². The van der Waals surface area contributed by atoms with Crippen molar-refractivity contribution in [2.24, 2.45) is 5.73 Å². The highest BCUT2D eigenvalue weighted by Crippen LogP contribution is 2.30. The Hall–Kier alpha value is -3.34. The van der Waals surface area contributed by atoms with Gasteiger partial charge in [0.05, 0.1) is 29.6 Å². The van der Waals surface area contributed by atoms with Gasteiger partial charge in [-0.1, -0.05) is 47.6 Å². The minimum atomic E-state index is -0.282. The van der Waals surface area contributed by atoms with Crippen molar-refractivity contribution in [1.29, 1.82) is 0 Å². The molecular formula is C20H18N2O3. The number of benzene rings is 2. The summed E-state index contributed by atoms with van der Waals surface area (Å²) in [5, 5.41) is 3.88. The van der Waals surface area contributed by atoms with Crippen LogP contribution < -0.4 is 10.5 Å². The van der Waals surface area contributed by atoms with Crippen molar-refractivity contribution in [1.82, 2.24) is 5.16 Å². The number of aryl methyl sites for hydroxylation is 1. The molecule has 0 spiro atoms. The second-order valence-corrected chi connectivity index (χ2v) is 5.52. The summed E-state index contributed by atoms with van der Waals surface area (Å²) in [5.41, 5.74) is 8.74. The van der Waals surface area contributed by atoms with Crippen molar-refractivity contribution in [2.45, 2.75) is 6.92 Å². The van der Waals surface area contributed by atoms with Crippen LogP contribution in [0.25, 0.3) is 11.3 Å². The number of nitrogens with zero attached hydrogens (tertiary/aromatic N) is 1. The van der Waals surface area contributed by atoms with Crippen LogP contribution in [-0.4, -0.2) is 18.0 Å². The summed E-state index contributed by atoms with van der Waals surface area (Å²) < 4.78 is 10.6. The van der Waals surface area contributed by atoms with E-state index in [0.717, 1.165) is 5.56 Å². The fraction of sp³-hybridized carbons (Fsp3) is 0.100. The van der Waals surface area contributed by atoms with E-state index in [1.165, 1.54) is 7.11 Å². The van der Waals surface area contributed by atoms with Gasteiger partial charge in [-0.25, -0.2) is 0 Å². The third-order valence-corrected chi connectivity index (χ3v) is 3.81. The Morgan fingerprint density at radius 3 is 2.40 bits per heavy atom. The number of aromatic nitrogens is 1. The van der Waals surface area contributed by atoms with E-state index < -0.39 is 0 Å². The van der Waals surface area contributed by atoms with Gasteiger partial charge in [-0.05, 0) is 24.6 Å². The maximum Gasteiger partial charge on any atom is 0.202 e. The second kappa shape index (κ2) is 7.05. The van der Waals surface area contributed by atoms with Crippen LogP contribution in [0.3, 0.4) is 0 Å². The average Bonchev–Trinajstić information content (AvgIpc) is 3.08. The molecule has 0 bridgehead atoms. The van der Waals surface area contributed by atoms with Gasteiger partial charge in [-0.3, -0.25) is 4.79 Å². The van der Waals surface area contributed by atoms with E-state index in [1.54, 1.807) is 37.3 Å². The number of rotatable bonds is 5. The van der Waals surface area contributed by atoms with Gasteiger partial charge in [0.15, 0.2) is 5.76 Å². The second-order valence-electron chi connectivity index (χ2n) is 5.52. The van der Waals surface area contributed by atoms with Gasteiger partial charge >= 0.3 is 0 Å². The molecule has 0 unspecified atom stereocenters. The number of ketones is 1. The van der Waals surface area contributed by atoms with E-state index in [2.05, 4.69) is 5.16 Å². The number of nitrogens with two attached hydrogens (primary N) is 1. The molecule has 5 nitrogen and oxygen atoms in total. The summed E-state index contributed by atoms with van der Waals surface area (Å²) in [6.07, 6.45) is 0. The minimum Gasteiger partial charge on any atom is -0.496 e. The zero-order chi connectivity index (χ0) is 17.8. The molecule has 5 heteroatoms. The molecule has 3 rings (SSSR count). The highest BCUT2D eigenvalue weighted by Gasteiger charge is 2.24. The first-order valence-electron chi connectivity index (χ1n) is 7.78. The van der Waals surface area contributed by atoms with Crippen molar-refractivity contribution < 1.29 is 14.1 Å². The number of hydrogen-bond donors (Lipinski definition) is 1. The number of allylic oxidation sites excluding steroid dienone is 1. The Labute approximate surface area is 145 Å². The molecule has 1 heterocycles. The van der Waals surface area contributed by atoms with E-state index in [1.807, 2.05) is 30.3 Å². The SMILES string of the molecule is COc1ccccc1C(=O)C(=C(N)c1ccccc1)c1cc(C)no1. The van der Waals surface area contributed by atoms with Crippen LogP contribution >= 0.6 is 0 Å². The van der Waals surface area contributed by atoms with E-state index in [-0.39, 0.29) is 11.4 Å². The normalized spacial score (nSPS) is 11.8. The lowest BCUT2D eigenvalue weighted by Crippen LogP contribution is -2.11. The molecule has 0 amide bonds. The lowest BCUT2D eigenvalue weighted by Gasteiger charge is -2.11. The molecule has 0 aliphatic carbocycles. The molecule has 3 aromatic rings. The molecule has 126 valence electrons. The van der Waals surface area contributed by atoms with Crippen LogP contribution in [0.5, 0.6) is 5.75 Å². The van der Waals surface area contributed by atoms with Crippen molar-refractivity contribution in [2.75, 3.05) is 7.11 Å². The van der Waals surface area contributed by atoms with Gasteiger partial charge in [0.25, 0.3) is 0 Å². The zero-order valence-electron chi connectivity index (χ0n) is 14.0. The van der Waals surface area contributed by atoms with Gasteiger partial charge in [0.1, 0.15) is 5.75 Å². The van der Waals surface area contributed by atoms with Gasteiger partial charge < -0.3 is 15.0 Å². The molecule has 0 saturated heterocycles. The Balaban J connectivity index is 2.20. The summed E-state index contributed by atoms with van der Waals surface area (Å²) in [6, 6.07) is 18.0. The highest BCUT2D eigenvalue weighted by molar-refractivity contribution is 6.34. The van der Waals surface area contributed by atoms with Crippen LogP contribution in [0, 0.1) is 6.92 Å². The third-order valence-electron chi connectivity index (χ3n) is 3.81. The highest BCUT2D eigenvalue weighted by atomic mass is 16.5. The predicted octanol–water partition coefficient (Wildman–Crippen LogP) is 3.70. The van der Waals surface area contributed by atoms with E-state index >= 15 is 0 Å². The molecular weight excluding hydrogens is 316 g/mol. The monoisotopic (exact) mass is 334 g/mol. The third kappa shape index (κ3) is 3.30. The number of carbonyl (C=O) groups excluding carboxylic acids is 1. The van der Waals surface area contributed by atoms with Crippen LogP contribution in [0.1, 0.15) is 27.4 Å². The van der Waals surface area contributed by atoms with E-state index in [4.69, 9.17) is 15.0 Å². The van der Waals surface area contributed by atoms with Crippen LogP contribution in [0.15, 0.2) is 65.2 Å². The molecule has 2 N–H and O–H groups in total. The minimum absolute atomic E-state index is 0.260. The predicted molar refractivity (Wildman–Crippen MR) is 96.0 cm³/mol. The van der Waals surface area contributed by atoms with Crippen LogP contribution in [-0.2, 0) is 0 Å². The Bertz CT molecular complexity index is 927. The Morgan fingerprint density at radius 1 is 1.08 bits per heavy atom. The Kier molecular flexibility index (Phi) is 4.66. The average molecular weight is 334 g/mol. The molecule has 0 aliphatic heterocycles. The van der Waals surface area contributed by atoms with Crippen molar-refractivity contribution >= 4 is 17.1 Å². The smallest absolute Gasteiger partial charge is 0.202 e. The van der Waals surface area contributed by atoms with Gasteiger partial charge in [0.2, 0.25) is 5.78 Å². The fourth-order valence-electron chi connectivity index (χ4n) is 2.58. The first kappa shape index (κ1) is 16.5. The number of ether oxygens (including phenoxy) is 1. The van der Waals surface area contributed by atoms with E-state index in [0.29, 0.717) is 28.5 Å². The van der Waals surface area contributed by atoms with Gasteiger partial charge in [-0.15, -0.1) is 0 Å². The first-order valence-corrected chi connectivity index (χ1v) is 7.78. The maximum atomic E-state index is 13.2. The zero-order valence-corrected chi connectivity index (χ0v) is 14.0. The quantitative estimate of drug-likeness (QED) is 0.568. The van der Waals surface area contributed by atoms with Gasteiger partial charge in [-0.2, -0.15) is 0 Å². The van der Waals surface area contributed by atoms with Crippen LogP contribution in [0.2, 0.25) is 0 Å². The molecule has 1 aromatic heterocycles. The fourth-order valence-corrected chi connectivity index (χ4v) is 2.58. The molecule has 0 fully saturated rings. The standard InChI is InChI=1S/C20H18N2O3/c1-13-12-17(25-22-13)18(19(21)14-8-4-3-5-9-14)20(23)15-10-6-7-11-16(15)24-2/h3-12H,21H2,1-2H3. The van der Waals surface area contributed by atoms with Crippen molar-refractivity contribution in [3.63, 3.8) is 0 Å².